The van der Waals surface area contributed by atoms with Crippen LogP contribution in [0.2, 0.25) is 0 Å². The highest BCUT2D eigenvalue weighted by atomic mass is 32.2. The number of aromatic nitrogens is 1. The van der Waals surface area contributed by atoms with Crippen LogP contribution in [0.15, 0.2) is 41.4 Å². The number of alkyl halides is 6. The van der Waals surface area contributed by atoms with E-state index in [9.17, 15) is 39.6 Å². The minimum atomic E-state index is -4.81. The number of carbonyl (C=O) groups excluding carboxylic acids is 1. The van der Waals surface area contributed by atoms with E-state index in [4.69, 9.17) is 4.74 Å². The molecule has 2 amide bonds. The Labute approximate surface area is 189 Å². The van der Waals surface area contributed by atoms with Crippen molar-refractivity contribution >= 4 is 27.4 Å². The number of carbonyl (C=O) groups is 1. The van der Waals surface area contributed by atoms with E-state index in [1.165, 1.54) is 10.8 Å². The van der Waals surface area contributed by atoms with E-state index in [1.807, 2.05) is 0 Å². The zero-order valence-corrected chi connectivity index (χ0v) is 17.9. The number of anilines is 2. The highest BCUT2D eigenvalue weighted by molar-refractivity contribution is 7.89. The first-order chi connectivity index (χ1) is 15.7. The van der Waals surface area contributed by atoms with Crippen LogP contribution in [0.4, 0.5) is 42.5 Å². The van der Waals surface area contributed by atoms with Gasteiger partial charge in [0, 0.05) is 5.69 Å². The number of halogens is 6. The predicted octanol–water partition coefficient (Wildman–Crippen LogP) is 4.37. The molecule has 1 aliphatic carbocycles. The summed E-state index contributed by atoms with van der Waals surface area (Å²) in [6.45, 7) is -1.62. The van der Waals surface area contributed by atoms with Crippen LogP contribution in [-0.4, -0.2) is 38.8 Å². The van der Waals surface area contributed by atoms with Crippen molar-refractivity contribution in [2.45, 2.75) is 30.1 Å². The Morgan fingerprint density at radius 1 is 1.09 bits per heavy atom. The van der Waals surface area contributed by atoms with Gasteiger partial charge in [0.25, 0.3) is 0 Å². The molecule has 0 spiro atoms. The summed E-state index contributed by atoms with van der Waals surface area (Å²) in [4.78, 5) is 15.5. The van der Waals surface area contributed by atoms with Gasteiger partial charge in [0.1, 0.15) is 17.1 Å². The lowest BCUT2D eigenvalue weighted by Crippen LogP contribution is -2.33. The molecule has 8 nitrogen and oxygen atoms in total. The number of rotatable bonds is 8. The van der Waals surface area contributed by atoms with Gasteiger partial charge < -0.3 is 15.4 Å². The summed E-state index contributed by atoms with van der Waals surface area (Å²) in [6, 6.07) is 3.53. The van der Waals surface area contributed by atoms with Crippen molar-refractivity contribution in [3.63, 3.8) is 0 Å². The number of ether oxygens (including phenoxy) is 1. The van der Waals surface area contributed by atoms with Crippen molar-refractivity contribution in [1.29, 1.82) is 0 Å². The Hall–Kier alpha value is -3.07. The van der Waals surface area contributed by atoms with Crippen molar-refractivity contribution in [1.82, 2.24) is 9.71 Å². The van der Waals surface area contributed by atoms with E-state index in [0.717, 1.165) is 37.2 Å². The maximum Gasteiger partial charge on any atom is 0.416 e. The summed E-state index contributed by atoms with van der Waals surface area (Å²) >= 11 is 0. The van der Waals surface area contributed by atoms with Gasteiger partial charge >= 0.3 is 18.4 Å². The van der Waals surface area contributed by atoms with Crippen LogP contribution in [0.5, 0.6) is 5.88 Å². The lowest BCUT2D eigenvalue weighted by molar-refractivity contribution is -0.137. The number of nitrogens with zero attached hydrogens (tertiary/aromatic N) is 1. The molecule has 2 aromatic rings. The maximum absolute atomic E-state index is 12.9. The minimum Gasteiger partial charge on any atom is -0.476 e. The molecule has 0 radical (unpaired) electrons. The zero-order valence-electron chi connectivity index (χ0n) is 17.1. The van der Waals surface area contributed by atoms with Gasteiger partial charge in [0.05, 0.1) is 18.4 Å². The van der Waals surface area contributed by atoms with Crippen LogP contribution >= 0.6 is 0 Å². The molecule has 186 valence electrons. The molecular formula is C19H18F6N4O4S. The summed E-state index contributed by atoms with van der Waals surface area (Å²) in [5.41, 5.74) is -1.53. The second kappa shape index (κ2) is 9.66. The molecule has 1 aromatic carbocycles. The Kier molecular flexibility index (Phi) is 7.26. The van der Waals surface area contributed by atoms with Crippen LogP contribution in [-0.2, 0) is 16.2 Å². The minimum absolute atomic E-state index is 0.204. The number of pyridine rings is 1. The summed E-state index contributed by atoms with van der Waals surface area (Å²) in [7, 11) is -4.65. The Bertz CT molecular complexity index is 1150. The number of hydrogen-bond donors (Lipinski definition) is 3. The quantitative estimate of drug-likeness (QED) is 0.455. The number of benzene rings is 1. The Morgan fingerprint density at radius 2 is 1.79 bits per heavy atom. The highest BCUT2D eigenvalue weighted by Gasteiger charge is 2.32. The molecule has 1 saturated carbocycles. The predicted molar refractivity (Wildman–Crippen MR) is 108 cm³/mol. The van der Waals surface area contributed by atoms with Crippen molar-refractivity contribution in [3.8, 4) is 5.88 Å². The molecule has 0 unspecified atom stereocenters. The summed E-state index contributed by atoms with van der Waals surface area (Å²) in [5, 5.41) is 4.38. The largest absolute Gasteiger partial charge is 0.476 e. The monoisotopic (exact) mass is 512 g/mol. The summed E-state index contributed by atoms with van der Waals surface area (Å²) in [5.74, 6) is 0.0336. The van der Waals surface area contributed by atoms with Gasteiger partial charge in [0.2, 0.25) is 15.9 Å². The number of nitrogens with one attached hydrogen (secondary N) is 3. The van der Waals surface area contributed by atoms with E-state index < -0.39 is 45.4 Å². The van der Waals surface area contributed by atoms with E-state index in [2.05, 4.69) is 15.6 Å². The summed E-state index contributed by atoms with van der Waals surface area (Å²) in [6.07, 6.45) is -6.90. The third-order valence-corrected chi connectivity index (χ3v) is 5.82. The molecule has 34 heavy (non-hydrogen) atoms. The third kappa shape index (κ3) is 7.48. The molecule has 3 rings (SSSR count). The van der Waals surface area contributed by atoms with Crippen LogP contribution in [0, 0.1) is 5.92 Å². The molecule has 1 aliphatic rings. The first kappa shape index (κ1) is 25.6. The van der Waals surface area contributed by atoms with Gasteiger partial charge in [-0.3, -0.25) is 0 Å². The molecule has 0 saturated heterocycles. The van der Waals surface area contributed by atoms with Crippen molar-refractivity contribution < 1.29 is 44.3 Å². The van der Waals surface area contributed by atoms with Crippen LogP contribution in [0.3, 0.4) is 0 Å². The molecular weight excluding hydrogens is 494 g/mol. The zero-order chi connectivity index (χ0) is 25.1. The normalized spacial score (nSPS) is 14.5. The van der Waals surface area contributed by atoms with E-state index in [-0.39, 0.29) is 29.8 Å². The number of hydrogen-bond acceptors (Lipinski definition) is 5. The average molecular weight is 512 g/mol. The lowest BCUT2D eigenvalue weighted by atomic mass is 10.2. The fourth-order valence-electron chi connectivity index (χ4n) is 2.58. The van der Waals surface area contributed by atoms with Gasteiger partial charge in [0.15, 0.2) is 0 Å². The Morgan fingerprint density at radius 3 is 2.41 bits per heavy atom. The van der Waals surface area contributed by atoms with E-state index in [1.54, 1.807) is 0 Å². The van der Waals surface area contributed by atoms with Crippen molar-refractivity contribution in [2.75, 3.05) is 23.8 Å². The molecule has 0 atom stereocenters. The van der Waals surface area contributed by atoms with Crippen molar-refractivity contribution in [3.05, 3.63) is 42.1 Å². The molecule has 3 N–H and O–H groups in total. The number of sulfonamides is 1. The van der Waals surface area contributed by atoms with Gasteiger partial charge in [-0.1, -0.05) is 6.07 Å². The number of urea groups is 1. The first-order valence-corrected chi connectivity index (χ1v) is 11.2. The highest BCUT2D eigenvalue weighted by Crippen LogP contribution is 2.33. The second-order valence-corrected chi connectivity index (χ2v) is 9.14. The standard InChI is InChI=1S/C19H18F6N4O4S/c20-18(21,22)10-27-34(31,32)14-7-15(16(26-8-14)33-9-11-4-5-11)29-17(30)28-13-3-1-2-12(6-13)19(23,24)25/h1-3,6-8,11,27H,4-5,9-10H2,(H2,28,29,30). The maximum atomic E-state index is 12.9. The number of amides is 2. The molecule has 1 fully saturated rings. The molecule has 15 heteroatoms. The lowest BCUT2D eigenvalue weighted by Gasteiger charge is -2.15. The molecule has 1 aromatic heterocycles. The van der Waals surface area contributed by atoms with Crippen molar-refractivity contribution in [2.24, 2.45) is 5.92 Å². The molecule has 0 aliphatic heterocycles. The van der Waals surface area contributed by atoms with Gasteiger partial charge in [-0.05, 0) is 43.0 Å². The van der Waals surface area contributed by atoms with Gasteiger partial charge in [-0.25, -0.2) is 22.9 Å². The van der Waals surface area contributed by atoms with E-state index in [0.29, 0.717) is 6.07 Å². The third-order valence-electron chi connectivity index (χ3n) is 4.45. The Balaban J connectivity index is 1.81. The fourth-order valence-corrected chi connectivity index (χ4v) is 3.57. The van der Waals surface area contributed by atoms with Crippen LogP contribution < -0.4 is 20.1 Å². The van der Waals surface area contributed by atoms with Crippen LogP contribution in [0.1, 0.15) is 18.4 Å². The fraction of sp³-hybridized carbons (Fsp3) is 0.368. The summed E-state index contributed by atoms with van der Waals surface area (Å²) < 4.78 is 107. The van der Waals surface area contributed by atoms with Gasteiger partial charge in [-0.2, -0.15) is 26.3 Å². The first-order valence-electron chi connectivity index (χ1n) is 9.67. The molecule has 0 bridgehead atoms. The molecule has 1 heterocycles. The van der Waals surface area contributed by atoms with E-state index >= 15 is 0 Å². The topological polar surface area (TPSA) is 109 Å². The van der Waals surface area contributed by atoms with Crippen LogP contribution in [0.25, 0.3) is 0 Å². The smallest absolute Gasteiger partial charge is 0.416 e. The second-order valence-electron chi connectivity index (χ2n) is 7.38. The SMILES string of the molecule is O=C(Nc1cccc(C(F)(F)F)c1)Nc1cc(S(=O)(=O)NCC(F)(F)F)cnc1OCC1CC1. The average Bonchev–Trinajstić information content (AvgIpc) is 3.55. The van der Waals surface area contributed by atoms with Gasteiger partial charge in [-0.15, -0.1) is 0 Å².